The zero-order valence-corrected chi connectivity index (χ0v) is 13.7. The monoisotopic (exact) mass is 331 g/mol. The van der Waals surface area contributed by atoms with Crippen molar-refractivity contribution in [1.82, 2.24) is 14.9 Å². The van der Waals surface area contributed by atoms with Crippen molar-refractivity contribution in [3.05, 3.63) is 12.4 Å². The van der Waals surface area contributed by atoms with Gasteiger partial charge in [0.25, 0.3) is 0 Å². The molecule has 0 aliphatic heterocycles. The van der Waals surface area contributed by atoms with Crippen molar-refractivity contribution in [3.63, 3.8) is 0 Å². The predicted molar refractivity (Wildman–Crippen MR) is 69.1 cm³/mol. The van der Waals surface area contributed by atoms with Crippen LogP contribution in [0.3, 0.4) is 0 Å². The van der Waals surface area contributed by atoms with Crippen molar-refractivity contribution in [2.45, 2.75) is 14.8 Å². The third-order valence-corrected chi connectivity index (χ3v) is 7.94. The van der Waals surface area contributed by atoms with Crippen LogP contribution in [0.5, 0.6) is 6.01 Å². The molecule has 1 rings (SSSR count). The van der Waals surface area contributed by atoms with Gasteiger partial charge in [0, 0.05) is 0 Å². The zero-order valence-electron chi connectivity index (χ0n) is 10.8. The van der Waals surface area contributed by atoms with Crippen LogP contribution < -0.4 is 8.32 Å². The van der Waals surface area contributed by atoms with E-state index in [1.807, 2.05) is 26.5 Å². The summed E-state index contributed by atoms with van der Waals surface area (Å²) in [7, 11) is 4.03. The minimum atomic E-state index is -2.00. The van der Waals surface area contributed by atoms with Gasteiger partial charge in [0.05, 0.1) is 0 Å². The molecule has 0 saturated heterocycles. The van der Waals surface area contributed by atoms with Crippen LogP contribution in [0, 0.1) is 0 Å². The summed E-state index contributed by atoms with van der Waals surface area (Å²) in [5, 5.41) is 0. The maximum absolute atomic E-state index is 5.44. The van der Waals surface area contributed by atoms with Crippen molar-refractivity contribution in [2.24, 2.45) is 0 Å². The normalized spacial score (nSPS) is 11.9. The molecule has 0 radical (unpaired) electrons. The van der Waals surface area contributed by atoms with Gasteiger partial charge in [-0.1, -0.05) is 0 Å². The van der Waals surface area contributed by atoms with E-state index in [1.54, 1.807) is 0 Å². The Morgan fingerprint density at radius 1 is 1.19 bits per heavy atom. The number of ether oxygens (including phenoxy) is 1. The summed E-state index contributed by atoms with van der Waals surface area (Å²) in [6.07, 6.45) is 3.85. The second-order valence-corrected chi connectivity index (χ2v) is 19.6. The molecule has 0 saturated carbocycles. The van der Waals surface area contributed by atoms with E-state index in [2.05, 4.69) is 29.7 Å². The topological polar surface area (TPSA) is 38.2 Å². The Bertz CT molecular complexity index is 319. The van der Waals surface area contributed by atoms with Crippen LogP contribution in [0.1, 0.15) is 0 Å². The SMILES string of the molecule is CN(C)CCOc1nc[c]([Sn]([CH3])([CH3])[CH3])cn1. The summed E-state index contributed by atoms with van der Waals surface area (Å²) < 4.78 is 6.77. The molecule has 0 fully saturated rings. The van der Waals surface area contributed by atoms with E-state index in [0.29, 0.717) is 12.6 Å². The van der Waals surface area contributed by atoms with E-state index < -0.39 is 18.4 Å². The number of aromatic nitrogens is 2. The van der Waals surface area contributed by atoms with Crippen LogP contribution >= 0.6 is 0 Å². The summed E-state index contributed by atoms with van der Waals surface area (Å²) >= 11 is -2.00. The minimum absolute atomic E-state index is 0.487. The van der Waals surface area contributed by atoms with Gasteiger partial charge in [0.1, 0.15) is 0 Å². The van der Waals surface area contributed by atoms with E-state index in [9.17, 15) is 0 Å². The molecule has 0 spiro atoms. The predicted octanol–water partition coefficient (Wildman–Crippen LogP) is 0.962. The van der Waals surface area contributed by atoms with Crippen LogP contribution in [0.2, 0.25) is 14.8 Å². The van der Waals surface area contributed by atoms with Gasteiger partial charge < -0.3 is 0 Å². The number of hydrogen-bond acceptors (Lipinski definition) is 4. The van der Waals surface area contributed by atoms with Crippen LogP contribution in [-0.4, -0.2) is 60.5 Å². The Morgan fingerprint density at radius 2 is 1.75 bits per heavy atom. The molecule has 1 heterocycles. The molecule has 0 aliphatic carbocycles. The fraction of sp³-hybridized carbons (Fsp3) is 0.636. The Balaban J connectivity index is 2.52. The van der Waals surface area contributed by atoms with E-state index in [1.165, 1.54) is 3.58 Å². The summed E-state index contributed by atoms with van der Waals surface area (Å²) in [6.45, 7) is 1.51. The van der Waals surface area contributed by atoms with Gasteiger partial charge in [0.2, 0.25) is 0 Å². The van der Waals surface area contributed by atoms with E-state index in [4.69, 9.17) is 4.74 Å². The number of rotatable bonds is 5. The Labute approximate surface area is 102 Å². The fourth-order valence-corrected chi connectivity index (χ4v) is 3.68. The first-order valence-electron chi connectivity index (χ1n) is 5.49. The molecular weight excluding hydrogens is 309 g/mol. The number of hydrogen-bond donors (Lipinski definition) is 0. The van der Waals surface area contributed by atoms with E-state index in [-0.39, 0.29) is 0 Å². The van der Waals surface area contributed by atoms with Crippen LogP contribution in [0.4, 0.5) is 0 Å². The molecule has 0 N–H and O–H groups in total. The van der Waals surface area contributed by atoms with Gasteiger partial charge >= 0.3 is 102 Å². The molecule has 0 bridgehead atoms. The molecule has 90 valence electrons. The van der Waals surface area contributed by atoms with Gasteiger partial charge in [-0.05, 0) is 0 Å². The number of nitrogens with zero attached hydrogens (tertiary/aromatic N) is 3. The van der Waals surface area contributed by atoms with Gasteiger partial charge in [-0.2, -0.15) is 0 Å². The molecule has 5 heteroatoms. The first kappa shape index (κ1) is 13.7. The molecule has 1 aromatic heterocycles. The third-order valence-electron chi connectivity index (χ3n) is 2.26. The quantitative estimate of drug-likeness (QED) is 0.754. The molecule has 4 nitrogen and oxygen atoms in total. The van der Waals surface area contributed by atoms with E-state index >= 15 is 0 Å². The average molecular weight is 330 g/mol. The van der Waals surface area contributed by atoms with Gasteiger partial charge in [0.15, 0.2) is 0 Å². The zero-order chi connectivity index (χ0) is 12.2. The molecule has 0 atom stereocenters. The molecule has 0 aromatic carbocycles. The maximum atomic E-state index is 5.44. The second kappa shape index (κ2) is 5.82. The van der Waals surface area contributed by atoms with Crippen molar-refractivity contribution in [2.75, 3.05) is 27.2 Å². The summed E-state index contributed by atoms with van der Waals surface area (Å²) in [6, 6.07) is 0.487. The molecule has 0 aliphatic rings. The molecule has 1 aromatic rings. The second-order valence-electron chi connectivity index (χ2n) is 5.16. The molecule has 0 amide bonds. The molecule has 0 unspecified atom stereocenters. The van der Waals surface area contributed by atoms with Gasteiger partial charge in [-0.3, -0.25) is 0 Å². The van der Waals surface area contributed by atoms with Gasteiger partial charge in [-0.25, -0.2) is 0 Å². The van der Waals surface area contributed by atoms with Crippen LogP contribution in [0.15, 0.2) is 12.4 Å². The Kier molecular flexibility index (Phi) is 4.98. The summed E-state index contributed by atoms with van der Waals surface area (Å²) in [5.41, 5.74) is 0. The summed E-state index contributed by atoms with van der Waals surface area (Å²) in [4.78, 5) is 17.6. The Morgan fingerprint density at radius 3 is 2.19 bits per heavy atom. The van der Waals surface area contributed by atoms with Crippen molar-refractivity contribution >= 4 is 22.0 Å². The van der Waals surface area contributed by atoms with Crippen molar-refractivity contribution in [1.29, 1.82) is 0 Å². The first-order chi connectivity index (χ1) is 7.39. The number of likely N-dealkylation sites (N-methyl/N-ethyl adjacent to an activating group) is 1. The average Bonchev–Trinajstić information content (AvgIpc) is 2.16. The van der Waals surface area contributed by atoms with Crippen molar-refractivity contribution in [3.8, 4) is 6.01 Å². The first-order valence-corrected chi connectivity index (χ1v) is 15.5. The van der Waals surface area contributed by atoms with Crippen molar-refractivity contribution < 1.29 is 4.74 Å². The molecular formula is C11H21N3OSn. The standard InChI is InChI=1S/C8H12N3O.3CH3.Sn/c1-11(2)6-7-12-8-9-4-3-5-10-8;;;;/h4-5H,6-7H2,1-2H3;3*1H3;. The van der Waals surface area contributed by atoms with E-state index in [0.717, 1.165) is 6.54 Å². The molecule has 16 heavy (non-hydrogen) atoms. The van der Waals surface area contributed by atoms with Gasteiger partial charge in [-0.15, -0.1) is 0 Å². The Hall–Kier alpha value is -0.361. The van der Waals surface area contributed by atoms with Crippen LogP contribution in [-0.2, 0) is 0 Å². The third kappa shape index (κ3) is 4.65. The summed E-state index contributed by atoms with van der Waals surface area (Å²) in [5.74, 6) is 0. The fourth-order valence-electron chi connectivity index (χ4n) is 1.10. The van der Waals surface area contributed by atoms with Crippen LogP contribution in [0.25, 0.3) is 0 Å².